The van der Waals surface area contributed by atoms with Crippen LogP contribution < -0.4 is 4.74 Å². The van der Waals surface area contributed by atoms with Gasteiger partial charge in [-0.1, -0.05) is 30.3 Å². The number of para-hydroxylation sites is 2. The van der Waals surface area contributed by atoms with Crippen LogP contribution in [-0.4, -0.2) is 49.0 Å². The molecule has 0 bridgehead atoms. The van der Waals surface area contributed by atoms with Crippen molar-refractivity contribution >= 4 is 5.91 Å². The van der Waals surface area contributed by atoms with E-state index in [1.165, 1.54) is 0 Å². The van der Waals surface area contributed by atoms with Gasteiger partial charge in [0.05, 0.1) is 19.2 Å². The number of aromatic nitrogens is 5. The predicted octanol–water partition coefficient (Wildman–Crippen LogP) is 2.87. The molecule has 0 saturated carbocycles. The fraction of sp³-hybridized carbons (Fsp3) is 0.217. The van der Waals surface area contributed by atoms with E-state index in [2.05, 4.69) is 10.2 Å². The van der Waals surface area contributed by atoms with Crippen molar-refractivity contribution in [2.24, 2.45) is 7.05 Å². The fourth-order valence-electron chi connectivity index (χ4n) is 4.11. The Morgan fingerprint density at radius 1 is 1.06 bits per heavy atom. The van der Waals surface area contributed by atoms with Gasteiger partial charge in [-0.2, -0.15) is 5.10 Å². The Morgan fingerprint density at radius 3 is 2.65 bits per heavy atom. The smallest absolute Gasteiger partial charge is 0.257 e. The second-order valence-electron chi connectivity index (χ2n) is 7.43. The van der Waals surface area contributed by atoms with Crippen molar-refractivity contribution in [2.45, 2.75) is 13.0 Å². The molecule has 0 N–H and O–H groups in total. The van der Waals surface area contributed by atoms with E-state index in [1.807, 2.05) is 63.7 Å². The molecule has 0 saturated heterocycles. The number of aryl methyl sites for hydroxylation is 1. The van der Waals surface area contributed by atoms with Crippen molar-refractivity contribution in [3.05, 3.63) is 77.7 Å². The van der Waals surface area contributed by atoms with Crippen LogP contribution in [0.1, 0.15) is 21.6 Å². The van der Waals surface area contributed by atoms with Gasteiger partial charge in [0, 0.05) is 37.0 Å². The summed E-state index contributed by atoms with van der Waals surface area (Å²) in [6.45, 7) is 1.07. The molecule has 31 heavy (non-hydrogen) atoms. The number of nitrogens with zero attached hydrogens (tertiary/aromatic N) is 6. The summed E-state index contributed by atoms with van der Waals surface area (Å²) in [6, 6.07) is 17.2. The first-order chi connectivity index (χ1) is 15.2. The quantitative estimate of drug-likeness (QED) is 0.513. The number of methoxy groups -OCH3 is 1. The Balaban J connectivity index is 1.53. The van der Waals surface area contributed by atoms with E-state index >= 15 is 0 Å². The van der Waals surface area contributed by atoms with Gasteiger partial charge in [0.15, 0.2) is 5.82 Å². The second-order valence-corrected chi connectivity index (χ2v) is 7.43. The van der Waals surface area contributed by atoms with Crippen LogP contribution in [0.4, 0.5) is 0 Å². The molecule has 0 unspecified atom stereocenters. The van der Waals surface area contributed by atoms with Crippen LogP contribution in [0, 0.1) is 0 Å². The lowest BCUT2D eigenvalue weighted by Crippen LogP contribution is -2.36. The molecule has 2 aromatic heterocycles. The zero-order chi connectivity index (χ0) is 21.4. The van der Waals surface area contributed by atoms with E-state index in [9.17, 15) is 4.79 Å². The van der Waals surface area contributed by atoms with Crippen LogP contribution in [0.15, 0.2) is 60.9 Å². The van der Waals surface area contributed by atoms with Gasteiger partial charge >= 0.3 is 0 Å². The molecule has 3 heterocycles. The molecule has 0 spiro atoms. The molecule has 2 aromatic carbocycles. The molecule has 1 aliphatic heterocycles. The van der Waals surface area contributed by atoms with E-state index in [-0.39, 0.29) is 5.91 Å². The number of ether oxygens (including phenoxy) is 1. The van der Waals surface area contributed by atoms with Gasteiger partial charge in [0.2, 0.25) is 0 Å². The maximum Gasteiger partial charge on any atom is 0.257 e. The van der Waals surface area contributed by atoms with Crippen molar-refractivity contribution in [1.29, 1.82) is 0 Å². The molecule has 8 nitrogen and oxygen atoms in total. The van der Waals surface area contributed by atoms with Gasteiger partial charge in [-0.05, 0) is 24.3 Å². The highest BCUT2D eigenvalue weighted by Crippen LogP contribution is 2.31. The van der Waals surface area contributed by atoms with Gasteiger partial charge in [0.1, 0.15) is 17.8 Å². The normalized spacial score (nSPS) is 13.2. The SMILES string of the molecule is COc1ccccc1C(=O)N1CCc2c(c(-c3nncn3-c3ccccc3)nn2C)C1. The summed E-state index contributed by atoms with van der Waals surface area (Å²) >= 11 is 0. The molecule has 1 aliphatic rings. The van der Waals surface area contributed by atoms with Crippen molar-refractivity contribution in [3.8, 4) is 23.0 Å². The highest BCUT2D eigenvalue weighted by atomic mass is 16.5. The second kappa shape index (κ2) is 7.71. The van der Waals surface area contributed by atoms with Crippen LogP contribution in [0.25, 0.3) is 17.2 Å². The molecular formula is C23H22N6O2. The average molecular weight is 414 g/mol. The van der Waals surface area contributed by atoms with E-state index in [1.54, 1.807) is 25.6 Å². The molecule has 4 aromatic rings. The monoisotopic (exact) mass is 414 g/mol. The Bertz CT molecular complexity index is 1240. The van der Waals surface area contributed by atoms with Crippen LogP contribution in [0.2, 0.25) is 0 Å². The number of carbonyl (C=O) groups is 1. The highest BCUT2D eigenvalue weighted by Gasteiger charge is 2.30. The first-order valence-electron chi connectivity index (χ1n) is 10.1. The predicted molar refractivity (Wildman–Crippen MR) is 115 cm³/mol. The summed E-state index contributed by atoms with van der Waals surface area (Å²) in [5.41, 5.74) is 4.38. The molecule has 5 rings (SSSR count). The lowest BCUT2D eigenvalue weighted by Gasteiger charge is -2.28. The molecule has 0 aliphatic carbocycles. The number of amides is 1. The molecule has 1 amide bonds. The molecular weight excluding hydrogens is 392 g/mol. The van der Waals surface area contributed by atoms with E-state index in [0.29, 0.717) is 30.2 Å². The van der Waals surface area contributed by atoms with Crippen LogP contribution in [0.5, 0.6) is 5.75 Å². The number of hydrogen-bond acceptors (Lipinski definition) is 5. The molecule has 8 heteroatoms. The number of fused-ring (bicyclic) bond motifs is 1. The first kappa shape index (κ1) is 19.0. The van der Waals surface area contributed by atoms with Gasteiger partial charge in [0.25, 0.3) is 5.91 Å². The average Bonchev–Trinajstić information content (AvgIpc) is 3.43. The molecule has 0 radical (unpaired) electrons. The maximum atomic E-state index is 13.3. The fourth-order valence-corrected chi connectivity index (χ4v) is 4.11. The van der Waals surface area contributed by atoms with Crippen molar-refractivity contribution in [1.82, 2.24) is 29.4 Å². The minimum atomic E-state index is -0.0533. The number of hydrogen-bond donors (Lipinski definition) is 0. The molecule has 0 atom stereocenters. The highest BCUT2D eigenvalue weighted by molar-refractivity contribution is 5.97. The van der Waals surface area contributed by atoms with Crippen molar-refractivity contribution in [2.75, 3.05) is 13.7 Å². The van der Waals surface area contributed by atoms with Gasteiger partial charge in [-0.15, -0.1) is 10.2 Å². The van der Waals surface area contributed by atoms with Crippen LogP contribution >= 0.6 is 0 Å². The Morgan fingerprint density at radius 2 is 1.84 bits per heavy atom. The van der Waals surface area contributed by atoms with Gasteiger partial charge < -0.3 is 9.64 Å². The largest absolute Gasteiger partial charge is 0.496 e. The lowest BCUT2D eigenvalue weighted by molar-refractivity contribution is 0.0730. The Labute approximate surface area is 179 Å². The standard InChI is InChI=1S/C23H22N6O2/c1-27-19-12-13-28(23(30)17-10-6-7-11-20(17)31-2)14-18(19)21(26-27)22-25-24-15-29(22)16-8-4-3-5-9-16/h3-11,15H,12-14H2,1-2H3. The van der Waals surface area contributed by atoms with Gasteiger partial charge in [-0.25, -0.2) is 0 Å². The minimum Gasteiger partial charge on any atom is -0.496 e. The molecule has 0 fully saturated rings. The summed E-state index contributed by atoms with van der Waals surface area (Å²) in [6.07, 6.45) is 2.41. The van der Waals surface area contributed by atoms with Gasteiger partial charge in [-0.3, -0.25) is 14.0 Å². The third-order valence-corrected chi connectivity index (χ3v) is 5.66. The van der Waals surface area contributed by atoms with Crippen molar-refractivity contribution in [3.63, 3.8) is 0 Å². The van der Waals surface area contributed by atoms with Crippen molar-refractivity contribution < 1.29 is 9.53 Å². The summed E-state index contributed by atoms with van der Waals surface area (Å²) < 4.78 is 9.20. The zero-order valence-corrected chi connectivity index (χ0v) is 17.4. The Hall–Kier alpha value is -3.94. The number of rotatable bonds is 4. The zero-order valence-electron chi connectivity index (χ0n) is 17.4. The third kappa shape index (κ3) is 3.26. The minimum absolute atomic E-state index is 0.0533. The van der Waals surface area contributed by atoms with E-state index in [0.717, 1.165) is 29.1 Å². The number of benzene rings is 2. The summed E-state index contributed by atoms with van der Waals surface area (Å²) in [4.78, 5) is 15.1. The lowest BCUT2D eigenvalue weighted by atomic mass is 10.0. The van der Waals surface area contributed by atoms with E-state index < -0.39 is 0 Å². The van der Waals surface area contributed by atoms with Crippen LogP contribution in [-0.2, 0) is 20.0 Å². The summed E-state index contributed by atoms with van der Waals surface area (Å²) in [5, 5.41) is 13.2. The maximum absolute atomic E-state index is 13.3. The molecule has 156 valence electrons. The number of carbonyl (C=O) groups excluding carboxylic acids is 1. The Kier molecular flexibility index (Phi) is 4.74. The van der Waals surface area contributed by atoms with Crippen LogP contribution in [0.3, 0.4) is 0 Å². The van der Waals surface area contributed by atoms with E-state index in [4.69, 9.17) is 9.84 Å². The third-order valence-electron chi connectivity index (χ3n) is 5.66. The topological polar surface area (TPSA) is 78.1 Å². The first-order valence-corrected chi connectivity index (χ1v) is 10.1. The summed E-state index contributed by atoms with van der Waals surface area (Å²) in [7, 11) is 3.51. The summed E-state index contributed by atoms with van der Waals surface area (Å²) in [5.74, 6) is 1.19.